The maximum Gasteiger partial charge on any atom is 0.134 e. The molecule has 1 saturated heterocycles. The van der Waals surface area contributed by atoms with Crippen LogP contribution < -0.4 is 10.2 Å². The Bertz CT molecular complexity index is 650. The Labute approximate surface area is 141 Å². The molecule has 4 rings (SSSR count). The second-order valence-electron chi connectivity index (χ2n) is 6.28. The lowest BCUT2D eigenvalue weighted by molar-refractivity contribution is 0.266. The summed E-state index contributed by atoms with van der Waals surface area (Å²) in [5.41, 5.74) is 1.51. The number of fused-ring (bicyclic) bond motifs is 1. The van der Waals surface area contributed by atoms with Crippen molar-refractivity contribution in [3.05, 3.63) is 34.3 Å². The molecule has 0 bridgehead atoms. The first-order valence-electron chi connectivity index (χ1n) is 8.47. The Morgan fingerprint density at radius 3 is 3.00 bits per heavy atom. The van der Waals surface area contributed by atoms with Crippen LogP contribution in [0.3, 0.4) is 0 Å². The molecule has 2 aliphatic rings. The summed E-state index contributed by atoms with van der Waals surface area (Å²) in [6.45, 7) is 6.47. The van der Waals surface area contributed by atoms with Crippen molar-refractivity contribution in [2.75, 3.05) is 42.9 Å². The van der Waals surface area contributed by atoms with Crippen molar-refractivity contribution >= 4 is 23.0 Å². The third kappa shape index (κ3) is 3.48. The van der Waals surface area contributed by atoms with Gasteiger partial charge < -0.3 is 10.2 Å². The number of anilines is 2. The average molecular weight is 329 g/mol. The number of hydrogen-bond acceptors (Lipinski definition) is 6. The number of thiophene rings is 1. The lowest BCUT2D eigenvalue weighted by atomic mass is 10.1. The zero-order valence-corrected chi connectivity index (χ0v) is 14.2. The summed E-state index contributed by atoms with van der Waals surface area (Å²) < 4.78 is 0. The van der Waals surface area contributed by atoms with Gasteiger partial charge in [0.05, 0.1) is 0 Å². The lowest BCUT2D eigenvalue weighted by Crippen LogP contribution is -2.33. The summed E-state index contributed by atoms with van der Waals surface area (Å²) in [7, 11) is 0. The van der Waals surface area contributed by atoms with Crippen LogP contribution in [0.25, 0.3) is 0 Å². The van der Waals surface area contributed by atoms with Gasteiger partial charge in [-0.15, -0.1) is 11.3 Å². The molecule has 0 aromatic carbocycles. The van der Waals surface area contributed by atoms with Gasteiger partial charge in [0.1, 0.15) is 18.0 Å². The molecule has 6 heteroatoms. The van der Waals surface area contributed by atoms with E-state index in [-0.39, 0.29) is 0 Å². The predicted octanol–water partition coefficient (Wildman–Crippen LogP) is 2.61. The topological polar surface area (TPSA) is 44.3 Å². The van der Waals surface area contributed by atoms with Gasteiger partial charge in [-0.25, -0.2) is 9.97 Å². The molecule has 0 spiro atoms. The summed E-state index contributed by atoms with van der Waals surface area (Å²) in [6, 6.07) is 4.35. The molecule has 0 atom stereocenters. The van der Waals surface area contributed by atoms with Gasteiger partial charge in [0.15, 0.2) is 0 Å². The van der Waals surface area contributed by atoms with E-state index in [0.717, 1.165) is 50.9 Å². The molecule has 23 heavy (non-hydrogen) atoms. The zero-order chi connectivity index (χ0) is 15.5. The van der Waals surface area contributed by atoms with Crippen molar-refractivity contribution in [3.8, 4) is 0 Å². The molecule has 0 aliphatic carbocycles. The smallest absolute Gasteiger partial charge is 0.134 e. The van der Waals surface area contributed by atoms with E-state index in [1.54, 1.807) is 11.2 Å². The van der Waals surface area contributed by atoms with Crippen LogP contribution in [-0.2, 0) is 13.0 Å². The van der Waals surface area contributed by atoms with Crippen molar-refractivity contribution in [2.24, 2.45) is 0 Å². The Balaban J connectivity index is 1.29. The van der Waals surface area contributed by atoms with E-state index in [1.165, 1.54) is 24.8 Å². The van der Waals surface area contributed by atoms with E-state index in [4.69, 9.17) is 0 Å². The van der Waals surface area contributed by atoms with E-state index in [2.05, 4.69) is 42.6 Å². The monoisotopic (exact) mass is 329 g/mol. The predicted molar refractivity (Wildman–Crippen MR) is 95.3 cm³/mol. The second kappa shape index (κ2) is 6.84. The van der Waals surface area contributed by atoms with E-state index in [9.17, 15) is 0 Å². The standard InChI is InChI=1S/C17H23N5S/c1-2-7-22(6-1)17-11-16(19-13-20-17)18-5-9-21-8-3-15-14(12-21)4-10-23-15/h4,10-11,13H,1-3,5-9,12H2,(H,18,19,20). The minimum atomic E-state index is 0.927. The molecule has 1 N–H and O–H groups in total. The summed E-state index contributed by atoms with van der Waals surface area (Å²) in [5, 5.41) is 5.67. The van der Waals surface area contributed by atoms with Crippen molar-refractivity contribution in [1.29, 1.82) is 0 Å². The van der Waals surface area contributed by atoms with Gasteiger partial charge in [-0.05, 0) is 36.3 Å². The van der Waals surface area contributed by atoms with Crippen molar-refractivity contribution in [2.45, 2.75) is 25.8 Å². The first-order valence-corrected chi connectivity index (χ1v) is 9.35. The Morgan fingerprint density at radius 2 is 2.09 bits per heavy atom. The number of nitrogens with zero attached hydrogens (tertiary/aromatic N) is 4. The summed E-state index contributed by atoms with van der Waals surface area (Å²) in [5.74, 6) is 2.00. The first kappa shape index (κ1) is 14.9. The molecule has 2 aliphatic heterocycles. The SMILES string of the molecule is c1nc(NCCN2CCc3sccc3C2)cc(N2CCCC2)n1. The highest BCUT2D eigenvalue weighted by Gasteiger charge is 2.17. The van der Waals surface area contributed by atoms with E-state index < -0.39 is 0 Å². The molecule has 0 unspecified atom stereocenters. The van der Waals surface area contributed by atoms with E-state index >= 15 is 0 Å². The van der Waals surface area contributed by atoms with Crippen LogP contribution in [0.15, 0.2) is 23.8 Å². The quantitative estimate of drug-likeness (QED) is 0.913. The summed E-state index contributed by atoms with van der Waals surface area (Å²) in [6.07, 6.45) is 5.41. The van der Waals surface area contributed by atoms with E-state index in [1.807, 2.05) is 11.3 Å². The van der Waals surface area contributed by atoms with E-state index in [0.29, 0.717) is 0 Å². The molecular weight excluding hydrogens is 306 g/mol. The number of hydrogen-bond donors (Lipinski definition) is 1. The van der Waals surface area contributed by atoms with Gasteiger partial charge in [-0.1, -0.05) is 0 Å². The van der Waals surface area contributed by atoms with Crippen molar-refractivity contribution < 1.29 is 0 Å². The van der Waals surface area contributed by atoms with Crippen molar-refractivity contribution in [1.82, 2.24) is 14.9 Å². The average Bonchev–Trinajstić information content (AvgIpc) is 3.26. The summed E-state index contributed by atoms with van der Waals surface area (Å²) >= 11 is 1.90. The highest BCUT2D eigenvalue weighted by Crippen LogP contribution is 2.24. The minimum absolute atomic E-state index is 0.927. The number of rotatable bonds is 5. The second-order valence-corrected chi connectivity index (χ2v) is 7.28. The molecule has 0 saturated carbocycles. The molecule has 0 amide bonds. The van der Waals surface area contributed by atoms with Gasteiger partial charge in [0, 0.05) is 50.2 Å². The molecule has 2 aromatic heterocycles. The largest absolute Gasteiger partial charge is 0.369 e. The third-order valence-corrected chi connectivity index (χ3v) is 5.73. The highest BCUT2D eigenvalue weighted by molar-refractivity contribution is 7.10. The molecule has 2 aromatic rings. The molecule has 4 heterocycles. The van der Waals surface area contributed by atoms with Crippen LogP contribution in [-0.4, -0.2) is 47.6 Å². The van der Waals surface area contributed by atoms with Gasteiger partial charge in [-0.2, -0.15) is 0 Å². The maximum atomic E-state index is 4.40. The highest BCUT2D eigenvalue weighted by atomic mass is 32.1. The minimum Gasteiger partial charge on any atom is -0.369 e. The molecule has 0 radical (unpaired) electrons. The molecule has 5 nitrogen and oxygen atoms in total. The van der Waals surface area contributed by atoms with Crippen LogP contribution in [0.1, 0.15) is 23.3 Å². The van der Waals surface area contributed by atoms with Crippen molar-refractivity contribution in [3.63, 3.8) is 0 Å². The van der Waals surface area contributed by atoms with Gasteiger partial charge in [-0.3, -0.25) is 4.90 Å². The molecule has 1 fully saturated rings. The Morgan fingerprint density at radius 1 is 1.17 bits per heavy atom. The molecule has 122 valence electrons. The van der Waals surface area contributed by atoms with Gasteiger partial charge in [0.2, 0.25) is 0 Å². The fourth-order valence-corrected chi connectivity index (χ4v) is 4.29. The Hall–Kier alpha value is -1.66. The lowest BCUT2D eigenvalue weighted by Gasteiger charge is -2.26. The van der Waals surface area contributed by atoms with Crippen LogP contribution in [0.5, 0.6) is 0 Å². The fourth-order valence-electron chi connectivity index (χ4n) is 3.40. The first-order chi connectivity index (χ1) is 11.4. The third-order valence-electron chi connectivity index (χ3n) is 4.70. The van der Waals surface area contributed by atoms with Gasteiger partial charge >= 0.3 is 0 Å². The number of nitrogens with one attached hydrogen (secondary N) is 1. The van der Waals surface area contributed by atoms with Crippen LogP contribution in [0.4, 0.5) is 11.6 Å². The normalized spacial score (nSPS) is 18.2. The molecular formula is C17H23N5S. The van der Waals surface area contributed by atoms with Crippen LogP contribution in [0, 0.1) is 0 Å². The Kier molecular flexibility index (Phi) is 4.43. The van der Waals surface area contributed by atoms with Crippen LogP contribution >= 0.6 is 11.3 Å². The fraction of sp³-hybridized carbons (Fsp3) is 0.529. The number of aromatic nitrogens is 2. The summed E-state index contributed by atoms with van der Waals surface area (Å²) in [4.78, 5) is 15.2. The van der Waals surface area contributed by atoms with Gasteiger partial charge in [0.25, 0.3) is 0 Å². The van der Waals surface area contributed by atoms with Crippen LogP contribution in [0.2, 0.25) is 0 Å². The maximum absolute atomic E-state index is 4.40. The zero-order valence-electron chi connectivity index (χ0n) is 13.4.